The zero-order chi connectivity index (χ0) is 35.1. The first-order valence-corrected chi connectivity index (χ1v) is 16.8. The molecule has 0 spiro atoms. The minimum Gasteiger partial charge on any atom is -0.444 e. The number of hydrogen-bond donors (Lipinski definition) is 4. The average molecular weight is 657 g/mol. The summed E-state index contributed by atoms with van der Waals surface area (Å²) in [6.07, 6.45) is 2.07. The van der Waals surface area contributed by atoms with E-state index in [4.69, 9.17) is 10.5 Å². The van der Waals surface area contributed by atoms with E-state index in [9.17, 15) is 19.2 Å². The molecule has 0 aromatic heterocycles. The van der Waals surface area contributed by atoms with Gasteiger partial charge in [0.1, 0.15) is 17.7 Å². The van der Waals surface area contributed by atoms with Gasteiger partial charge in [-0.15, -0.1) is 0 Å². The molecule has 0 saturated carbocycles. The van der Waals surface area contributed by atoms with Crippen LogP contribution in [-0.2, 0) is 38.4 Å². The van der Waals surface area contributed by atoms with E-state index in [2.05, 4.69) is 16.0 Å². The fraction of sp³-hybridized carbons (Fsp3) is 0.436. The lowest BCUT2D eigenvalue weighted by Gasteiger charge is -2.27. The minimum atomic E-state index is -0.927. The smallest absolute Gasteiger partial charge is 0.407 e. The van der Waals surface area contributed by atoms with Gasteiger partial charge in [-0.05, 0) is 75.5 Å². The summed E-state index contributed by atoms with van der Waals surface area (Å²) in [6, 6.07) is 26.8. The highest BCUT2D eigenvalue weighted by Gasteiger charge is 2.30. The van der Waals surface area contributed by atoms with Crippen molar-refractivity contribution in [3.8, 4) is 0 Å². The summed E-state index contributed by atoms with van der Waals surface area (Å²) in [5.41, 5.74) is 7.92. The molecule has 258 valence electrons. The lowest BCUT2D eigenvalue weighted by Crippen LogP contribution is -2.54. The third-order valence-corrected chi connectivity index (χ3v) is 7.89. The van der Waals surface area contributed by atoms with E-state index in [0.717, 1.165) is 16.7 Å². The molecule has 0 fully saturated rings. The second-order valence-electron chi connectivity index (χ2n) is 13.8. The molecule has 4 amide bonds. The van der Waals surface area contributed by atoms with Gasteiger partial charge in [0.05, 0.1) is 0 Å². The molecule has 3 aromatic rings. The number of rotatable bonds is 17. The normalized spacial score (nSPS) is 13.9. The van der Waals surface area contributed by atoms with Crippen LogP contribution in [0.4, 0.5) is 4.79 Å². The largest absolute Gasteiger partial charge is 0.444 e. The maximum Gasteiger partial charge on any atom is 0.407 e. The number of benzene rings is 3. The molecule has 0 saturated heterocycles. The Morgan fingerprint density at radius 3 is 1.60 bits per heavy atom. The van der Waals surface area contributed by atoms with Crippen LogP contribution in [0.15, 0.2) is 91.0 Å². The molecule has 4 atom stereocenters. The Hall–Kier alpha value is -4.66. The minimum absolute atomic E-state index is 0.0862. The average Bonchev–Trinajstić information content (AvgIpc) is 3.02. The molecule has 3 aromatic carbocycles. The van der Waals surface area contributed by atoms with Crippen LogP contribution in [0.25, 0.3) is 0 Å². The molecular weight excluding hydrogens is 604 g/mol. The summed E-state index contributed by atoms with van der Waals surface area (Å²) in [7, 11) is 0. The van der Waals surface area contributed by atoms with Gasteiger partial charge in [-0.3, -0.25) is 14.4 Å². The van der Waals surface area contributed by atoms with E-state index >= 15 is 0 Å². The Bertz CT molecular complexity index is 1440. The molecule has 0 bridgehead atoms. The molecule has 1 unspecified atom stereocenters. The molecule has 0 aliphatic rings. The Balaban J connectivity index is 1.80. The molecule has 48 heavy (non-hydrogen) atoms. The van der Waals surface area contributed by atoms with E-state index in [1.54, 1.807) is 0 Å². The highest BCUT2D eigenvalue weighted by molar-refractivity contribution is 5.92. The van der Waals surface area contributed by atoms with Crippen LogP contribution < -0.4 is 21.7 Å². The van der Waals surface area contributed by atoms with Gasteiger partial charge in [0, 0.05) is 18.4 Å². The van der Waals surface area contributed by atoms with Crippen molar-refractivity contribution in [3.63, 3.8) is 0 Å². The number of carbonyl (C=O) groups excluding carboxylic acids is 4. The summed E-state index contributed by atoms with van der Waals surface area (Å²) >= 11 is 0. The van der Waals surface area contributed by atoms with Crippen LogP contribution in [0.1, 0.15) is 70.6 Å². The van der Waals surface area contributed by atoms with Crippen molar-refractivity contribution in [2.45, 2.75) is 96.9 Å². The lowest BCUT2D eigenvalue weighted by atomic mass is 9.90. The van der Waals surface area contributed by atoms with Gasteiger partial charge in [0.15, 0.2) is 0 Å². The number of ether oxygens (including phenoxy) is 1. The van der Waals surface area contributed by atoms with Crippen molar-refractivity contribution in [3.05, 3.63) is 108 Å². The zero-order valence-electron chi connectivity index (χ0n) is 28.9. The SMILES string of the molecule is CC(C)C[C@H](NC(=O)C(CC[C@H](Cc1ccccc1)NC(=O)OC(C)(C)C)Cc1ccccc1)C(=O)N[C@@H](Cc1ccccc1)C(N)=O. The molecule has 0 aliphatic carbocycles. The van der Waals surface area contributed by atoms with Gasteiger partial charge in [-0.2, -0.15) is 0 Å². The number of nitrogens with two attached hydrogens (primary N) is 1. The van der Waals surface area contributed by atoms with E-state index in [0.29, 0.717) is 32.1 Å². The number of alkyl carbamates (subject to hydrolysis) is 1. The van der Waals surface area contributed by atoms with Crippen LogP contribution in [0.5, 0.6) is 0 Å². The third-order valence-electron chi connectivity index (χ3n) is 7.89. The maximum atomic E-state index is 14.0. The van der Waals surface area contributed by atoms with Gasteiger partial charge in [-0.25, -0.2) is 4.79 Å². The van der Waals surface area contributed by atoms with Crippen molar-refractivity contribution in [1.82, 2.24) is 16.0 Å². The second kappa shape index (κ2) is 18.6. The summed E-state index contributed by atoms with van der Waals surface area (Å²) in [5, 5.41) is 8.82. The molecule has 3 rings (SSSR count). The van der Waals surface area contributed by atoms with Crippen LogP contribution in [0, 0.1) is 11.8 Å². The van der Waals surface area contributed by atoms with Gasteiger partial charge < -0.3 is 26.4 Å². The predicted molar refractivity (Wildman–Crippen MR) is 189 cm³/mol. The Kier molecular flexibility index (Phi) is 14.7. The van der Waals surface area contributed by atoms with Crippen molar-refractivity contribution < 1.29 is 23.9 Å². The van der Waals surface area contributed by atoms with Gasteiger partial charge in [0.25, 0.3) is 0 Å². The van der Waals surface area contributed by atoms with Gasteiger partial charge >= 0.3 is 6.09 Å². The number of hydrogen-bond acceptors (Lipinski definition) is 5. The molecule has 0 radical (unpaired) electrons. The van der Waals surface area contributed by atoms with Crippen molar-refractivity contribution in [2.24, 2.45) is 17.6 Å². The first-order chi connectivity index (χ1) is 22.8. The fourth-order valence-corrected chi connectivity index (χ4v) is 5.56. The van der Waals surface area contributed by atoms with Crippen LogP contribution in [0.3, 0.4) is 0 Å². The van der Waals surface area contributed by atoms with Crippen molar-refractivity contribution >= 4 is 23.8 Å². The van der Waals surface area contributed by atoms with Gasteiger partial charge in [0.2, 0.25) is 17.7 Å². The Morgan fingerprint density at radius 2 is 1.12 bits per heavy atom. The number of amides is 4. The summed E-state index contributed by atoms with van der Waals surface area (Å²) in [4.78, 5) is 52.8. The van der Waals surface area contributed by atoms with Gasteiger partial charge in [-0.1, -0.05) is 105 Å². The van der Waals surface area contributed by atoms with Crippen LogP contribution >= 0.6 is 0 Å². The number of primary amides is 1. The highest BCUT2D eigenvalue weighted by Crippen LogP contribution is 2.20. The molecule has 0 aliphatic heterocycles. The highest BCUT2D eigenvalue weighted by atomic mass is 16.6. The first kappa shape index (κ1) is 37.8. The zero-order valence-corrected chi connectivity index (χ0v) is 28.9. The number of carbonyl (C=O) groups is 4. The van der Waals surface area contributed by atoms with E-state index in [-0.39, 0.29) is 24.3 Å². The standard InChI is InChI=1S/C39H52N4O5/c1-27(2)23-34(37(46)42-33(35(40)44)26-30-19-13-8-14-20-30)43-36(45)31(24-28-15-9-6-10-16-28)21-22-32(25-29-17-11-7-12-18-29)41-38(47)48-39(3,4)5/h6-20,27,31-34H,21-26H2,1-5H3,(H2,40,44)(H,41,47)(H,42,46)(H,43,45)/t31?,32-,33+,34+/m1/s1. The summed E-state index contributed by atoms with van der Waals surface area (Å²) in [5.74, 6) is -1.78. The Morgan fingerprint density at radius 1 is 0.646 bits per heavy atom. The lowest BCUT2D eigenvalue weighted by molar-refractivity contribution is -0.133. The molecule has 9 heteroatoms. The maximum absolute atomic E-state index is 14.0. The molecule has 5 N–H and O–H groups in total. The van der Waals surface area contributed by atoms with Crippen molar-refractivity contribution in [1.29, 1.82) is 0 Å². The second-order valence-corrected chi connectivity index (χ2v) is 13.8. The summed E-state index contributed by atoms with van der Waals surface area (Å²) < 4.78 is 5.55. The topological polar surface area (TPSA) is 140 Å². The predicted octanol–water partition coefficient (Wildman–Crippen LogP) is 5.51. The quantitative estimate of drug-likeness (QED) is 0.152. The third kappa shape index (κ3) is 14.0. The Labute approximate surface area is 285 Å². The monoisotopic (exact) mass is 656 g/mol. The van der Waals surface area contributed by atoms with Crippen LogP contribution in [-0.4, -0.2) is 47.5 Å². The number of nitrogens with one attached hydrogen (secondary N) is 3. The van der Waals surface area contributed by atoms with Crippen molar-refractivity contribution in [2.75, 3.05) is 0 Å². The van der Waals surface area contributed by atoms with E-state index in [1.807, 2.05) is 126 Å². The van der Waals surface area contributed by atoms with Crippen LogP contribution in [0.2, 0.25) is 0 Å². The molecule has 0 heterocycles. The van der Waals surface area contributed by atoms with E-state index < -0.39 is 41.5 Å². The molecular formula is C39H52N4O5. The molecule has 9 nitrogen and oxygen atoms in total. The fourth-order valence-electron chi connectivity index (χ4n) is 5.56. The first-order valence-electron chi connectivity index (χ1n) is 16.8. The van der Waals surface area contributed by atoms with E-state index in [1.165, 1.54) is 0 Å². The summed E-state index contributed by atoms with van der Waals surface area (Å²) in [6.45, 7) is 9.39.